The van der Waals surface area contributed by atoms with E-state index in [1.54, 1.807) is 10.7 Å². The van der Waals surface area contributed by atoms with Crippen molar-refractivity contribution in [3.05, 3.63) is 47.3 Å². The third-order valence-electron chi connectivity index (χ3n) is 2.64. The smallest absolute Gasteiger partial charge is 0.356 e. The second-order valence-corrected chi connectivity index (χ2v) is 3.94. The van der Waals surface area contributed by atoms with E-state index >= 15 is 0 Å². The highest BCUT2D eigenvalue weighted by Gasteiger charge is 2.15. The standard InChI is InChI=1S/C13H15N3O2/c1-9-7-12(13(17)18-2)16(15-9)11-5-3-10(8-14)4-6-11/h3-7H,8,14H2,1-2H3. The Morgan fingerprint density at radius 2 is 2.06 bits per heavy atom. The Hall–Kier alpha value is -2.14. The first-order chi connectivity index (χ1) is 8.65. The van der Waals surface area contributed by atoms with Gasteiger partial charge in [0.15, 0.2) is 5.69 Å². The van der Waals surface area contributed by atoms with Crippen molar-refractivity contribution in [3.63, 3.8) is 0 Å². The molecule has 0 amide bonds. The summed E-state index contributed by atoms with van der Waals surface area (Å²) in [5.74, 6) is -0.404. The SMILES string of the molecule is COC(=O)c1cc(C)nn1-c1ccc(CN)cc1. The average Bonchev–Trinajstić information content (AvgIpc) is 2.80. The van der Waals surface area contributed by atoms with Crippen LogP contribution in [0.3, 0.4) is 0 Å². The Morgan fingerprint density at radius 1 is 1.39 bits per heavy atom. The predicted molar refractivity (Wildman–Crippen MR) is 67.5 cm³/mol. The second-order valence-electron chi connectivity index (χ2n) is 3.94. The molecular formula is C13H15N3O2. The van der Waals surface area contributed by atoms with Gasteiger partial charge in [-0.3, -0.25) is 0 Å². The number of ether oxygens (including phenoxy) is 1. The van der Waals surface area contributed by atoms with Crippen LogP contribution in [0.4, 0.5) is 0 Å². The molecule has 0 saturated carbocycles. The van der Waals surface area contributed by atoms with Crippen molar-refractivity contribution in [1.82, 2.24) is 9.78 Å². The third kappa shape index (κ3) is 2.26. The molecule has 0 fully saturated rings. The minimum atomic E-state index is -0.404. The van der Waals surface area contributed by atoms with Crippen LogP contribution < -0.4 is 5.73 Å². The minimum Gasteiger partial charge on any atom is -0.464 e. The van der Waals surface area contributed by atoms with Gasteiger partial charge in [0.05, 0.1) is 18.5 Å². The van der Waals surface area contributed by atoms with Gasteiger partial charge in [-0.1, -0.05) is 12.1 Å². The van der Waals surface area contributed by atoms with E-state index in [9.17, 15) is 4.79 Å². The van der Waals surface area contributed by atoms with E-state index in [0.717, 1.165) is 16.9 Å². The summed E-state index contributed by atoms with van der Waals surface area (Å²) in [6.45, 7) is 2.32. The molecule has 0 aliphatic heterocycles. The summed E-state index contributed by atoms with van der Waals surface area (Å²) in [5.41, 5.74) is 8.56. The Kier molecular flexibility index (Phi) is 3.43. The minimum absolute atomic E-state index is 0.404. The molecule has 0 unspecified atom stereocenters. The largest absolute Gasteiger partial charge is 0.464 e. The van der Waals surface area contributed by atoms with Crippen molar-refractivity contribution in [3.8, 4) is 5.69 Å². The number of esters is 1. The summed E-state index contributed by atoms with van der Waals surface area (Å²) in [4.78, 5) is 11.6. The van der Waals surface area contributed by atoms with Crippen molar-refractivity contribution in [2.24, 2.45) is 5.73 Å². The number of nitrogens with zero attached hydrogens (tertiary/aromatic N) is 2. The molecule has 1 aromatic heterocycles. The molecule has 18 heavy (non-hydrogen) atoms. The van der Waals surface area contributed by atoms with Crippen LogP contribution in [0.2, 0.25) is 0 Å². The number of carbonyl (C=O) groups is 1. The molecule has 1 aromatic carbocycles. The van der Waals surface area contributed by atoms with Gasteiger partial charge in [0.1, 0.15) is 0 Å². The first-order valence-electron chi connectivity index (χ1n) is 5.60. The molecule has 2 rings (SSSR count). The zero-order valence-corrected chi connectivity index (χ0v) is 10.4. The third-order valence-corrected chi connectivity index (χ3v) is 2.64. The lowest BCUT2D eigenvalue weighted by Crippen LogP contribution is -2.10. The second kappa shape index (κ2) is 5.01. The molecule has 0 aliphatic carbocycles. The van der Waals surface area contributed by atoms with E-state index in [2.05, 4.69) is 5.10 Å². The molecule has 2 N–H and O–H groups in total. The lowest BCUT2D eigenvalue weighted by molar-refractivity contribution is 0.0590. The van der Waals surface area contributed by atoms with Gasteiger partial charge in [0.25, 0.3) is 0 Å². The number of aromatic nitrogens is 2. The molecule has 1 heterocycles. The van der Waals surface area contributed by atoms with Crippen molar-refractivity contribution in [2.45, 2.75) is 13.5 Å². The highest BCUT2D eigenvalue weighted by atomic mass is 16.5. The van der Waals surface area contributed by atoms with Crippen LogP contribution in [0.25, 0.3) is 5.69 Å². The molecule has 0 atom stereocenters. The van der Waals surface area contributed by atoms with Crippen LogP contribution in [0.5, 0.6) is 0 Å². The summed E-state index contributed by atoms with van der Waals surface area (Å²) in [7, 11) is 1.35. The van der Waals surface area contributed by atoms with E-state index in [-0.39, 0.29) is 0 Å². The van der Waals surface area contributed by atoms with Crippen LogP contribution >= 0.6 is 0 Å². The van der Waals surface area contributed by atoms with Crippen LogP contribution in [0, 0.1) is 6.92 Å². The summed E-state index contributed by atoms with van der Waals surface area (Å²) < 4.78 is 6.31. The number of methoxy groups -OCH3 is 1. The molecule has 0 saturated heterocycles. The monoisotopic (exact) mass is 245 g/mol. The number of rotatable bonds is 3. The summed E-state index contributed by atoms with van der Waals surface area (Å²) in [5, 5.41) is 4.29. The van der Waals surface area contributed by atoms with Gasteiger partial charge >= 0.3 is 5.97 Å². The van der Waals surface area contributed by atoms with E-state index in [0.29, 0.717) is 12.2 Å². The van der Waals surface area contributed by atoms with Gasteiger partial charge in [-0.05, 0) is 30.7 Å². The molecule has 5 nitrogen and oxygen atoms in total. The highest BCUT2D eigenvalue weighted by molar-refractivity contribution is 5.88. The number of hydrogen-bond acceptors (Lipinski definition) is 4. The maximum absolute atomic E-state index is 11.6. The fourth-order valence-corrected chi connectivity index (χ4v) is 1.72. The number of carbonyl (C=O) groups excluding carboxylic acids is 1. The number of nitrogens with two attached hydrogens (primary N) is 1. The summed E-state index contributed by atoms with van der Waals surface area (Å²) in [6.07, 6.45) is 0. The fraction of sp³-hybridized carbons (Fsp3) is 0.231. The molecular weight excluding hydrogens is 230 g/mol. The van der Waals surface area contributed by atoms with Crippen LogP contribution in [-0.4, -0.2) is 22.9 Å². The zero-order chi connectivity index (χ0) is 13.1. The molecule has 0 radical (unpaired) electrons. The molecule has 94 valence electrons. The van der Waals surface area contributed by atoms with Crippen LogP contribution in [0.15, 0.2) is 30.3 Å². The molecule has 0 spiro atoms. The average molecular weight is 245 g/mol. The maximum atomic E-state index is 11.6. The summed E-state index contributed by atoms with van der Waals surface area (Å²) in [6, 6.07) is 9.27. The molecule has 0 bridgehead atoms. The van der Waals surface area contributed by atoms with Gasteiger partial charge in [-0.2, -0.15) is 5.10 Å². The number of hydrogen-bond donors (Lipinski definition) is 1. The van der Waals surface area contributed by atoms with Gasteiger partial charge < -0.3 is 10.5 Å². The van der Waals surface area contributed by atoms with Gasteiger partial charge in [0.2, 0.25) is 0 Å². The fourth-order valence-electron chi connectivity index (χ4n) is 1.72. The van der Waals surface area contributed by atoms with Crippen LogP contribution in [0.1, 0.15) is 21.7 Å². The normalized spacial score (nSPS) is 10.4. The predicted octanol–water partition coefficient (Wildman–Crippen LogP) is 1.43. The molecule has 5 heteroatoms. The Bertz CT molecular complexity index is 558. The van der Waals surface area contributed by atoms with Gasteiger partial charge in [-0.15, -0.1) is 0 Å². The first-order valence-corrected chi connectivity index (χ1v) is 5.60. The van der Waals surface area contributed by atoms with Crippen molar-refractivity contribution in [2.75, 3.05) is 7.11 Å². The van der Waals surface area contributed by atoms with Crippen molar-refractivity contribution < 1.29 is 9.53 Å². The highest BCUT2D eigenvalue weighted by Crippen LogP contribution is 2.14. The maximum Gasteiger partial charge on any atom is 0.356 e. The Labute approximate surface area is 105 Å². The number of benzene rings is 1. The zero-order valence-electron chi connectivity index (χ0n) is 10.4. The Balaban J connectivity index is 2.45. The first kappa shape index (κ1) is 12.3. The van der Waals surface area contributed by atoms with E-state index in [1.165, 1.54) is 7.11 Å². The van der Waals surface area contributed by atoms with Gasteiger partial charge in [-0.25, -0.2) is 9.48 Å². The van der Waals surface area contributed by atoms with E-state index < -0.39 is 5.97 Å². The van der Waals surface area contributed by atoms with Crippen LogP contribution in [-0.2, 0) is 11.3 Å². The summed E-state index contributed by atoms with van der Waals surface area (Å²) >= 11 is 0. The topological polar surface area (TPSA) is 70.1 Å². The van der Waals surface area contributed by atoms with Crippen molar-refractivity contribution in [1.29, 1.82) is 0 Å². The quantitative estimate of drug-likeness (QED) is 0.830. The lowest BCUT2D eigenvalue weighted by atomic mass is 10.2. The van der Waals surface area contributed by atoms with Gasteiger partial charge in [0, 0.05) is 6.54 Å². The number of aryl methyl sites for hydroxylation is 1. The molecule has 0 aliphatic rings. The Morgan fingerprint density at radius 3 is 2.61 bits per heavy atom. The van der Waals surface area contributed by atoms with Crippen molar-refractivity contribution >= 4 is 5.97 Å². The molecule has 2 aromatic rings. The van der Waals surface area contributed by atoms with E-state index in [4.69, 9.17) is 10.5 Å². The van der Waals surface area contributed by atoms with E-state index in [1.807, 2.05) is 31.2 Å². The lowest BCUT2D eigenvalue weighted by Gasteiger charge is -2.06.